The third-order valence-electron chi connectivity index (χ3n) is 2.92. The molecule has 3 atom stereocenters. The Labute approximate surface area is 69.0 Å². The van der Waals surface area contributed by atoms with Gasteiger partial charge in [0.05, 0.1) is 0 Å². The van der Waals surface area contributed by atoms with Crippen LogP contribution in [0.5, 0.6) is 0 Å². The Morgan fingerprint density at radius 1 is 1.27 bits per heavy atom. The van der Waals surface area contributed by atoms with E-state index in [-0.39, 0.29) is 0 Å². The zero-order chi connectivity index (χ0) is 8.01. The molecule has 0 nitrogen and oxygen atoms in total. The van der Waals surface area contributed by atoms with Crippen molar-refractivity contribution in [2.75, 3.05) is 0 Å². The molecule has 60 valence electrons. The minimum Gasteiger partial charge on any atom is -0.0747 e. The van der Waals surface area contributed by atoms with Gasteiger partial charge >= 0.3 is 0 Å². The quantitative estimate of drug-likeness (QED) is 0.536. The summed E-state index contributed by atoms with van der Waals surface area (Å²) in [6.45, 7) is 6.87. The lowest BCUT2D eigenvalue weighted by Gasteiger charge is -1.99. The van der Waals surface area contributed by atoms with Crippen LogP contribution >= 0.6 is 0 Å². The van der Waals surface area contributed by atoms with Gasteiger partial charge in [-0.1, -0.05) is 31.6 Å². The molecule has 0 N–H and O–H groups in total. The summed E-state index contributed by atoms with van der Waals surface area (Å²) in [6, 6.07) is 0. The van der Waals surface area contributed by atoms with Crippen molar-refractivity contribution in [2.45, 2.75) is 27.2 Å². The highest BCUT2D eigenvalue weighted by Gasteiger charge is 2.37. The minimum absolute atomic E-state index is 0.692. The topological polar surface area (TPSA) is 0 Å². The number of allylic oxidation sites excluding steroid dienone is 4. The van der Waals surface area contributed by atoms with Crippen LogP contribution in [0.1, 0.15) is 27.2 Å². The molecule has 11 heavy (non-hydrogen) atoms. The van der Waals surface area contributed by atoms with E-state index in [1.54, 1.807) is 5.57 Å². The summed E-state index contributed by atoms with van der Waals surface area (Å²) in [4.78, 5) is 0. The molecule has 0 aromatic heterocycles. The van der Waals surface area contributed by atoms with Crippen molar-refractivity contribution in [3.8, 4) is 0 Å². The van der Waals surface area contributed by atoms with Crippen LogP contribution in [0.4, 0.5) is 0 Å². The molecule has 2 aliphatic rings. The van der Waals surface area contributed by atoms with E-state index >= 15 is 0 Å². The first-order chi connectivity index (χ1) is 5.18. The highest BCUT2D eigenvalue weighted by Crippen LogP contribution is 2.48. The van der Waals surface area contributed by atoms with Crippen molar-refractivity contribution in [1.82, 2.24) is 0 Å². The number of hydrogen-bond donors (Lipinski definition) is 0. The van der Waals surface area contributed by atoms with E-state index in [0.29, 0.717) is 5.92 Å². The van der Waals surface area contributed by atoms with Crippen LogP contribution in [0, 0.1) is 17.8 Å². The SMILES string of the molecule is CC1=CC(C)C=C1C1CC1C. The maximum atomic E-state index is 2.43. The number of rotatable bonds is 1. The predicted molar refractivity (Wildman–Crippen MR) is 48.3 cm³/mol. The largest absolute Gasteiger partial charge is 0.0747 e. The Hall–Kier alpha value is -0.520. The zero-order valence-corrected chi connectivity index (χ0v) is 7.59. The Morgan fingerprint density at radius 2 is 1.91 bits per heavy atom. The van der Waals surface area contributed by atoms with Crippen molar-refractivity contribution in [1.29, 1.82) is 0 Å². The van der Waals surface area contributed by atoms with E-state index in [4.69, 9.17) is 0 Å². The molecule has 2 rings (SSSR count). The molecule has 0 aromatic rings. The monoisotopic (exact) mass is 148 g/mol. The molecular formula is C11H16. The van der Waals surface area contributed by atoms with E-state index in [9.17, 15) is 0 Å². The van der Waals surface area contributed by atoms with Gasteiger partial charge in [0.2, 0.25) is 0 Å². The summed E-state index contributed by atoms with van der Waals surface area (Å²) in [5.74, 6) is 2.56. The highest BCUT2D eigenvalue weighted by molar-refractivity contribution is 5.41. The first-order valence-corrected chi connectivity index (χ1v) is 4.59. The predicted octanol–water partition coefficient (Wildman–Crippen LogP) is 3.16. The molecule has 0 heterocycles. The molecule has 0 bridgehead atoms. The fourth-order valence-electron chi connectivity index (χ4n) is 2.12. The van der Waals surface area contributed by atoms with E-state index in [0.717, 1.165) is 11.8 Å². The summed E-state index contributed by atoms with van der Waals surface area (Å²) >= 11 is 0. The molecule has 0 amide bonds. The Balaban J connectivity index is 2.16. The molecule has 0 saturated heterocycles. The van der Waals surface area contributed by atoms with Crippen LogP contribution in [0.3, 0.4) is 0 Å². The van der Waals surface area contributed by atoms with Crippen LogP contribution in [0.15, 0.2) is 23.3 Å². The van der Waals surface area contributed by atoms with E-state index in [1.165, 1.54) is 12.0 Å². The molecule has 0 spiro atoms. The van der Waals surface area contributed by atoms with Gasteiger partial charge in [0.25, 0.3) is 0 Å². The van der Waals surface area contributed by atoms with Crippen molar-refractivity contribution in [3.05, 3.63) is 23.3 Å². The average Bonchev–Trinajstić information content (AvgIpc) is 2.52. The van der Waals surface area contributed by atoms with Gasteiger partial charge in [-0.2, -0.15) is 0 Å². The molecule has 0 radical (unpaired) electrons. The van der Waals surface area contributed by atoms with Gasteiger partial charge in [0, 0.05) is 0 Å². The lowest BCUT2D eigenvalue weighted by atomic mass is 10.1. The standard InChI is InChI=1S/C11H16/c1-7-4-8(2)10(5-7)11-6-9(11)3/h4-5,7,9,11H,6H2,1-3H3. The first kappa shape index (κ1) is 7.15. The molecule has 1 fully saturated rings. The van der Waals surface area contributed by atoms with Gasteiger partial charge in [0.1, 0.15) is 0 Å². The number of hydrogen-bond acceptors (Lipinski definition) is 0. The molecular weight excluding hydrogens is 132 g/mol. The van der Waals surface area contributed by atoms with E-state index in [1.807, 2.05) is 0 Å². The van der Waals surface area contributed by atoms with Crippen molar-refractivity contribution >= 4 is 0 Å². The molecule has 0 aromatic carbocycles. The summed E-state index contributed by atoms with van der Waals surface area (Å²) in [7, 11) is 0. The second kappa shape index (κ2) is 2.23. The molecule has 0 heteroatoms. The molecule has 0 aliphatic heterocycles. The summed E-state index contributed by atoms with van der Waals surface area (Å²) in [5, 5.41) is 0. The van der Waals surface area contributed by atoms with Crippen LogP contribution in [-0.2, 0) is 0 Å². The smallest absolute Gasteiger partial charge is 0.00700 e. The van der Waals surface area contributed by atoms with Gasteiger partial charge in [-0.15, -0.1) is 0 Å². The lowest BCUT2D eigenvalue weighted by Crippen LogP contribution is -1.85. The maximum absolute atomic E-state index is 2.43. The molecule has 3 unspecified atom stereocenters. The summed E-state index contributed by atoms with van der Waals surface area (Å²) < 4.78 is 0. The third kappa shape index (κ3) is 1.15. The van der Waals surface area contributed by atoms with E-state index in [2.05, 4.69) is 32.9 Å². The van der Waals surface area contributed by atoms with Gasteiger partial charge in [-0.05, 0) is 36.7 Å². The van der Waals surface area contributed by atoms with Crippen molar-refractivity contribution in [3.63, 3.8) is 0 Å². The highest BCUT2D eigenvalue weighted by atomic mass is 14.4. The van der Waals surface area contributed by atoms with Gasteiger partial charge < -0.3 is 0 Å². The summed E-state index contributed by atoms with van der Waals surface area (Å²) in [5.41, 5.74) is 3.18. The van der Waals surface area contributed by atoms with Crippen molar-refractivity contribution in [2.24, 2.45) is 17.8 Å². The normalized spacial score (nSPS) is 41.9. The van der Waals surface area contributed by atoms with E-state index < -0.39 is 0 Å². The second-order valence-corrected chi connectivity index (χ2v) is 4.15. The summed E-state index contributed by atoms with van der Waals surface area (Å²) in [6.07, 6.45) is 6.23. The van der Waals surface area contributed by atoms with Gasteiger partial charge in [-0.25, -0.2) is 0 Å². The lowest BCUT2D eigenvalue weighted by molar-refractivity contribution is 0.858. The maximum Gasteiger partial charge on any atom is -0.00700 e. The Bertz CT molecular complexity index is 232. The third-order valence-corrected chi connectivity index (χ3v) is 2.92. The second-order valence-electron chi connectivity index (χ2n) is 4.15. The first-order valence-electron chi connectivity index (χ1n) is 4.59. The Morgan fingerprint density at radius 3 is 2.27 bits per heavy atom. The average molecular weight is 148 g/mol. The van der Waals surface area contributed by atoms with Crippen LogP contribution in [-0.4, -0.2) is 0 Å². The molecule has 1 saturated carbocycles. The fraction of sp³-hybridized carbons (Fsp3) is 0.636. The Kier molecular flexibility index (Phi) is 1.45. The molecule has 2 aliphatic carbocycles. The van der Waals surface area contributed by atoms with Crippen LogP contribution in [0.2, 0.25) is 0 Å². The van der Waals surface area contributed by atoms with Crippen LogP contribution in [0.25, 0.3) is 0 Å². The zero-order valence-electron chi connectivity index (χ0n) is 7.59. The van der Waals surface area contributed by atoms with Crippen LogP contribution < -0.4 is 0 Å². The van der Waals surface area contributed by atoms with Gasteiger partial charge in [-0.3, -0.25) is 0 Å². The minimum atomic E-state index is 0.692. The fourth-order valence-corrected chi connectivity index (χ4v) is 2.12. The van der Waals surface area contributed by atoms with Gasteiger partial charge in [0.15, 0.2) is 0 Å². The van der Waals surface area contributed by atoms with Crippen molar-refractivity contribution < 1.29 is 0 Å².